The van der Waals surface area contributed by atoms with Gasteiger partial charge in [-0.25, -0.2) is 0 Å². The van der Waals surface area contributed by atoms with Crippen molar-refractivity contribution in [2.75, 3.05) is 4.90 Å². The minimum atomic E-state index is -0.173. The van der Waals surface area contributed by atoms with Gasteiger partial charge in [0.15, 0.2) is 5.58 Å². The van der Waals surface area contributed by atoms with Crippen molar-refractivity contribution < 1.29 is 8.83 Å². The highest BCUT2D eigenvalue weighted by molar-refractivity contribution is 6.22. The molecule has 0 saturated heterocycles. The summed E-state index contributed by atoms with van der Waals surface area (Å²) in [5, 5.41) is 6.60. The molecule has 9 aromatic carbocycles. The van der Waals surface area contributed by atoms with Gasteiger partial charge in [0.2, 0.25) is 0 Å². The van der Waals surface area contributed by atoms with Crippen molar-refractivity contribution in [3.05, 3.63) is 199 Å². The lowest BCUT2D eigenvalue weighted by atomic mass is 9.82. The number of para-hydroxylation sites is 2. The zero-order chi connectivity index (χ0) is 38.5. The number of hydrogen-bond donors (Lipinski definition) is 0. The van der Waals surface area contributed by atoms with Crippen molar-refractivity contribution in [1.82, 2.24) is 0 Å². The summed E-state index contributed by atoms with van der Waals surface area (Å²) in [5.41, 5.74) is 16.1. The number of nitrogens with zero attached hydrogens (tertiary/aromatic N) is 1. The molecule has 0 amide bonds. The lowest BCUT2D eigenvalue weighted by Crippen LogP contribution is -2.16. The SMILES string of the molecule is CC1(C)c2ccccc2-c2ccc(N(c3cc(-c4ccccc4)c4oc5c6ccccc6c(-c6ccccc6)cc5c4c3)c3cccc4c3oc3ccccc34)cc21. The molecule has 3 nitrogen and oxygen atoms in total. The summed E-state index contributed by atoms with van der Waals surface area (Å²) in [7, 11) is 0. The number of hydrogen-bond acceptors (Lipinski definition) is 3. The van der Waals surface area contributed by atoms with Crippen LogP contribution in [0.1, 0.15) is 25.0 Å². The number of rotatable bonds is 5. The molecule has 0 unspecified atom stereocenters. The Bertz CT molecular complexity index is 3430. The van der Waals surface area contributed by atoms with Gasteiger partial charge in [-0.05, 0) is 86.8 Å². The van der Waals surface area contributed by atoms with Crippen LogP contribution in [0.3, 0.4) is 0 Å². The van der Waals surface area contributed by atoms with Gasteiger partial charge in [-0.3, -0.25) is 0 Å². The molecule has 2 aromatic heterocycles. The normalized spacial score (nSPS) is 13.1. The molecule has 1 aliphatic rings. The highest BCUT2D eigenvalue weighted by Crippen LogP contribution is 2.52. The molecule has 2 heterocycles. The molecule has 0 radical (unpaired) electrons. The van der Waals surface area contributed by atoms with E-state index >= 15 is 0 Å². The summed E-state index contributed by atoms with van der Waals surface area (Å²) in [6, 6.07) is 67.6. The van der Waals surface area contributed by atoms with Gasteiger partial charge in [-0.15, -0.1) is 0 Å². The van der Waals surface area contributed by atoms with Gasteiger partial charge >= 0.3 is 0 Å². The zero-order valence-electron chi connectivity index (χ0n) is 32.2. The number of benzene rings is 9. The largest absolute Gasteiger partial charge is 0.455 e. The maximum absolute atomic E-state index is 7.09. The average molecular weight is 744 g/mol. The molecule has 0 aliphatic heterocycles. The van der Waals surface area contributed by atoms with Crippen molar-refractivity contribution in [2.45, 2.75) is 19.3 Å². The maximum Gasteiger partial charge on any atom is 0.159 e. The summed E-state index contributed by atoms with van der Waals surface area (Å²) in [5.74, 6) is 0. The minimum absolute atomic E-state index is 0.173. The lowest BCUT2D eigenvalue weighted by molar-refractivity contribution is 0.660. The number of fused-ring (bicyclic) bond motifs is 11. The molecule has 0 N–H and O–H groups in total. The molecule has 0 fully saturated rings. The molecule has 3 heteroatoms. The van der Waals surface area contributed by atoms with Gasteiger partial charge in [-0.1, -0.05) is 159 Å². The second-order valence-corrected chi connectivity index (χ2v) is 16.0. The predicted molar refractivity (Wildman–Crippen MR) is 242 cm³/mol. The second-order valence-electron chi connectivity index (χ2n) is 16.0. The van der Waals surface area contributed by atoms with E-state index in [9.17, 15) is 0 Å². The Labute approximate surface area is 336 Å². The molecule has 1 aliphatic carbocycles. The van der Waals surface area contributed by atoms with E-state index < -0.39 is 0 Å². The molecule has 58 heavy (non-hydrogen) atoms. The van der Waals surface area contributed by atoms with Crippen LogP contribution < -0.4 is 4.90 Å². The Morgan fingerprint density at radius 2 is 0.983 bits per heavy atom. The topological polar surface area (TPSA) is 29.5 Å². The smallest absolute Gasteiger partial charge is 0.159 e. The molecule has 11 aromatic rings. The van der Waals surface area contributed by atoms with Crippen LogP contribution in [0.15, 0.2) is 197 Å². The summed E-state index contributed by atoms with van der Waals surface area (Å²) < 4.78 is 13.9. The van der Waals surface area contributed by atoms with Crippen molar-refractivity contribution >= 4 is 71.7 Å². The molecule has 12 rings (SSSR count). The molecule has 0 spiro atoms. The predicted octanol–water partition coefficient (Wildman–Crippen LogP) is 15.7. The highest BCUT2D eigenvalue weighted by atomic mass is 16.3. The Balaban J connectivity index is 1.19. The Hall–Kier alpha value is -7.36. The Morgan fingerprint density at radius 3 is 1.79 bits per heavy atom. The Kier molecular flexibility index (Phi) is 6.98. The van der Waals surface area contributed by atoms with Crippen LogP contribution >= 0.6 is 0 Å². The second kappa shape index (κ2) is 12.3. The molecule has 0 bridgehead atoms. The summed E-state index contributed by atoms with van der Waals surface area (Å²) in [6.45, 7) is 4.69. The first-order chi connectivity index (χ1) is 28.5. The van der Waals surface area contributed by atoms with Crippen LogP contribution in [0.4, 0.5) is 17.1 Å². The number of furan rings is 2. The van der Waals surface area contributed by atoms with E-state index in [1.807, 2.05) is 6.07 Å². The van der Waals surface area contributed by atoms with Crippen LogP contribution in [-0.4, -0.2) is 0 Å². The van der Waals surface area contributed by atoms with E-state index in [2.05, 4.69) is 201 Å². The summed E-state index contributed by atoms with van der Waals surface area (Å²) in [6.07, 6.45) is 0. The van der Waals surface area contributed by atoms with Crippen LogP contribution in [0, 0.1) is 0 Å². The molecular weight excluding hydrogens is 707 g/mol. The fourth-order valence-corrected chi connectivity index (χ4v) is 9.67. The van der Waals surface area contributed by atoms with Crippen molar-refractivity contribution in [3.8, 4) is 33.4 Å². The first-order valence-electron chi connectivity index (χ1n) is 20.0. The van der Waals surface area contributed by atoms with Gasteiger partial charge in [0.25, 0.3) is 0 Å². The molecule has 274 valence electrons. The fourth-order valence-electron chi connectivity index (χ4n) is 9.67. The van der Waals surface area contributed by atoms with E-state index in [4.69, 9.17) is 8.83 Å². The average Bonchev–Trinajstić information content (AvgIpc) is 3.92. The zero-order valence-corrected chi connectivity index (χ0v) is 32.2. The highest BCUT2D eigenvalue weighted by Gasteiger charge is 2.36. The third-order valence-electron chi connectivity index (χ3n) is 12.4. The van der Waals surface area contributed by atoms with Gasteiger partial charge < -0.3 is 13.7 Å². The van der Waals surface area contributed by atoms with Crippen LogP contribution in [0.2, 0.25) is 0 Å². The van der Waals surface area contributed by atoms with Crippen LogP contribution in [-0.2, 0) is 5.41 Å². The van der Waals surface area contributed by atoms with Gasteiger partial charge in [-0.2, -0.15) is 0 Å². The third kappa shape index (κ3) is 4.74. The van der Waals surface area contributed by atoms with Crippen molar-refractivity contribution in [2.24, 2.45) is 0 Å². The van der Waals surface area contributed by atoms with Crippen LogP contribution in [0.25, 0.3) is 88.0 Å². The van der Waals surface area contributed by atoms with Crippen LogP contribution in [0.5, 0.6) is 0 Å². The van der Waals surface area contributed by atoms with Crippen molar-refractivity contribution in [1.29, 1.82) is 0 Å². The monoisotopic (exact) mass is 743 g/mol. The standard InChI is InChI=1S/C55H37NO2/c1-55(2)48-25-13-11-21-39(48)40-29-28-36(32-49(40)55)56(50-26-15-24-43-41-22-12-14-27-51(41)57-54(43)50)37-30-45(35-18-7-4-8-19-35)53-46(31-37)47-33-44(34-16-5-3-6-17-34)38-20-9-10-23-42(38)52(47)58-53/h3-33H,1-2H3. The molecule has 0 atom stereocenters. The van der Waals surface area contributed by atoms with Gasteiger partial charge in [0.05, 0.1) is 5.69 Å². The van der Waals surface area contributed by atoms with Crippen molar-refractivity contribution in [3.63, 3.8) is 0 Å². The molecule has 0 saturated carbocycles. The fraction of sp³-hybridized carbons (Fsp3) is 0.0545. The van der Waals surface area contributed by atoms with E-state index in [0.29, 0.717) is 0 Å². The summed E-state index contributed by atoms with van der Waals surface area (Å²) in [4.78, 5) is 2.40. The first kappa shape index (κ1) is 32.8. The number of anilines is 3. The minimum Gasteiger partial charge on any atom is -0.455 e. The van der Waals surface area contributed by atoms with E-state index in [-0.39, 0.29) is 5.41 Å². The van der Waals surface area contributed by atoms with Gasteiger partial charge in [0, 0.05) is 49.3 Å². The third-order valence-corrected chi connectivity index (χ3v) is 12.4. The quantitative estimate of drug-likeness (QED) is 0.176. The maximum atomic E-state index is 7.09. The van der Waals surface area contributed by atoms with E-state index in [1.165, 1.54) is 38.8 Å². The Morgan fingerprint density at radius 1 is 0.362 bits per heavy atom. The first-order valence-corrected chi connectivity index (χ1v) is 20.0. The van der Waals surface area contributed by atoms with E-state index in [0.717, 1.165) is 77.5 Å². The molecular formula is C55H37NO2. The lowest BCUT2D eigenvalue weighted by Gasteiger charge is -2.28. The van der Waals surface area contributed by atoms with E-state index in [1.54, 1.807) is 0 Å². The van der Waals surface area contributed by atoms with Gasteiger partial charge in [0.1, 0.15) is 16.7 Å². The summed E-state index contributed by atoms with van der Waals surface area (Å²) >= 11 is 0.